The van der Waals surface area contributed by atoms with E-state index in [4.69, 9.17) is 4.98 Å². The fraction of sp³-hybridized carbons (Fsp3) is 0.0784. The smallest absolute Gasteiger partial charge is 0.138 e. The lowest BCUT2D eigenvalue weighted by Crippen LogP contribution is -2.53. The average Bonchev–Trinajstić information content (AvgIpc) is 3.78. The fourth-order valence-electron chi connectivity index (χ4n) is 8.71. The van der Waals surface area contributed by atoms with Gasteiger partial charge in [0, 0.05) is 29.7 Å². The number of pyridine rings is 1. The third-order valence-electron chi connectivity index (χ3n) is 11.7. The lowest BCUT2D eigenvalue weighted by molar-refractivity contribution is 0.950. The first kappa shape index (κ1) is 33.8. The molecule has 0 aliphatic carbocycles. The van der Waals surface area contributed by atoms with E-state index in [2.05, 4.69) is 216 Å². The molecule has 0 saturated carbocycles. The van der Waals surface area contributed by atoms with E-state index in [1.165, 1.54) is 71.5 Å². The van der Waals surface area contributed by atoms with E-state index in [9.17, 15) is 0 Å². The van der Waals surface area contributed by atoms with Crippen LogP contribution in [0.3, 0.4) is 0 Å². The van der Waals surface area contributed by atoms with Gasteiger partial charge in [-0.15, -0.1) is 0 Å². The predicted molar refractivity (Wildman–Crippen MR) is 240 cm³/mol. The Bertz CT molecular complexity index is 2840. The molecule has 0 N–H and O–H groups in total. The van der Waals surface area contributed by atoms with Gasteiger partial charge in [-0.3, -0.25) is 4.57 Å². The van der Waals surface area contributed by atoms with E-state index in [0.717, 1.165) is 23.6 Å². The number of hydrogen-bond donors (Lipinski definition) is 0. The number of aromatic nitrogens is 2. The molecule has 0 spiro atoms. The van der Waals surface area contributed by atoms with Crippen LogP contribution in [-0.2, 0) is 0 Å². The van der Waals surface area contributed by atoms with Gasteiger partial charge in [0.25, 0.3) is 0 Å². The van der Waals surface area contributed by atoms with Gasteiger partial charge < -0.3 is 9.80 Å². The number of anilines is 3. The summed E-state index contributed by atoms with van der Waals surface area (Å²) in [6.45, 7) is 5.80. The van der Waals surface area contributed by atoms with Gasteiger partial charge in [-0.05, 0) is 81.9 Å². The monoisotopic (exact) mass is 738 g/mol. The molecule has 0 radical (unpaired) electrons. The van der Waals surface area contributed by atoms with Crippen molar-refractivity contribution in [3.8, 4) is 39.2 Å². The normalized spacial score (nSPS) is 12.8. The number of fused-ring (bicyclic) bond motifs is 4. The molecule has 56 heavy (non-hydrogen) atoms. The molecule has 10 rings (SSSR count). The van der Waals surface area contributed by atoms with Crippen LogP contribution in [0, 0.1) is 0 Å². The third-order valence-corrected chi connectivity index (χ3v) is 15.2. The topological polar surface area (TPSA) is 24.3 Å². The lowest BCUT2D eigenvalue weighted by atomic mass is 9.88. The molecule has 270 valence electrons. The standard InChI is InChI=1S/C51H42N4Si/c1-53-35-54(48-27-13-12-26-47(48)53)39-20-14-21-40(33-39)56(2,3)41-28-29-45-44-22-10-11-25-46(44)55(49(45)34-41)50-32-38(30-31-52-50)51-42(36-16-6-4-7-17-36)23-15-24-43(51)37-18-8-5-9-19-37/h4-34H,35H2,1-3H3. The fourth-order valence-corrected chi connectivity index (χ4v) is 11.1. The third kappa shape index (κ3) is 5.62. The Hall–Kier alpha value is -6.69. The van der Waals surface area contributed by atoms with Crippen LogP contribution < -0.4 is 20.2 Å². The molecule has 7 aromatic carbocycles. The number of nitrogens with zero attached hydrogens (tertiary/aromatic N) is 4. The largest absolute Gasteiger partial charge is 0.355 e. The van der Waals surface area contributed by atoms with Crippen molar-refractivity contribution < 1.29 is 0 Å². The molecule has 3 heterocycles. The SMILES string of the molecule is CN1CN(c2cccc([Si](C)(C)c3ccc4c5ccccc5n(-c5cc(-c6c(-c7ccccc7)cccc6-c6ccccc6)ccn5)c4c3)c2)c2ccccc21. The Kier molecular flexibility index (Phi) is 8.19. The Morgan fingerprint density at radius 2 is 1.12 bits per heavy atom. The summed E-state index contributed by atoms with van der Waals surface area (Å²) in [7, 11) is 0.00715. The summed E-state index contributed by atoms with van der Waals surface area (Å²) >= 11 is 0. The van der Waals surface area contributed by atoms with Crippen molar-refractivity contribution in [3.63, 3.8) is 0 Å². The van der Waals surface area contributed by atoms with Crippen molar-refractivity contribution in [1.29, 1.82) is 0 Å². The van der Waals surface area contributed by atoms with E-state index < -0.39 is 8.07 Å². The van der Waals surface area contributed by atoms with Crippen LogP contribution in [0.4, 0.5) is 17.1 Å². The van der Waals surface area contributed by atoms with Crippen LogP contribution in [0.5, 0.6) is 0 Å². The molecule has 9 aromatic rings. The number of para-hydroxylation sites is 3. The van der Waals surface area contributed by atoms with Crippen molar-refractivity contribution in [2.45, 2.75) is 13.1 Å². The van der Waals surface area contributed by atoms with Gasteiger partial charge in [-0.2, -0.15) is 0 Å². The summed E-state index contributed by atoms with van der Waals surface area (Å²) in [5, 5.41) is 5.27. The molecular formula is C51H42N4Si. The van der Waals surface area contributed by atoms with Crippen molar-refractivity contribution in [3.05, 3.63) is 188 Å². The first-order valence-electron chi connectivity index (χ1n) is 19.4. The molecule has 1 aliphatic heterocycles. The zero-order valence-electron chi connectivity index (χ0n) is 31.9. The van der Waals surface area contributed by atoms with Crippen LogP contribution >= 0.6 is 0 Å². The van der Waals surface area contributed by atoms with E-state index in [1.54, 1.807) is 0 Å². The molecule has 0 unspecified atom stereocenters. The summed E-state index contributed by atoms with van der Waals surface area (Å²) in [6.07, 6.45) is 1.98. The van der Waals surface area contributed by atoms with Crippen LogP contribution in [-0.4, -0.2) is 31.3 Å². The molecule has 0 amide bonds. The summed E-state index contributed by atoms with van der Waals surface area (Å²) in [5.74, 6) is 0.908. The van der Waals surface area contributed by atoms with Crippen LogP contribution in [0.1, 0.15) is 0 Å². The molecule has 2 aromatic heterocycles. The zero-order valence-corrected chi connectivity index (χ0v) is 32.9. The number of benzene rings is 7. The maximum atomic E-state index is 5.11. The van der Waals surface area contributed by atoms with Gasteiger partial charge in [0.05, 0.1) is 29.1 Å². The maximum absolute atomic E-state index is 5.11. The molecule has 0 atom stereocenters. The second kappa shape index (κ2) is 13.6. The molecule has 0 saturated heterocycles. The van der Waals surface area contributed by atoms with Crippen molar-refractivity contribution >= 4 is 57.3 Å². The highest BCUT2D eigenvalue weighted by Gasteiger charge is 2.30. The molecule has 0 bridgehead atoms. The summed E-state index contributed by atoms with van der Waals surface area (Å²) in [4.78, 5) is 9.86. The minimum atomic E-state index is -2.16. The van der Waals surface area contributed by atoms with Crippen LogP contribution in [0.15, 0.2) is 188 Å². The van der Waals surface area contributed by atoms with Gasteiger partial charge in [-0.1, -0.05) is 157 Å². The highest BCUT2D eigenvalue weighted by atomic mass is 28.3. The minimum Gasteiger partial charge on any atom is -0.355 e. The van der Waals surface area contributed by atoms with Crippen molar-refractivity contribution in [1.82, 2.24) is 9.55 Å². The Morgan fingerprint density at radius 1 is 0.500 bits per heavy atom. The highest BCUT2D eigenvalue weighted by Crippen LogP contribution is 2.42. The zero-order chi connectivity index (χ0) is 37.8. The minimum absolute atomic E-state index is 0.839. The molecule has 0 fully saturated rings. The first-order valence-corrected chi connectivity index (χ1v) is 22.4. The van der Waals surface area contributed by atoms with Gasteiger partial charge >= 0.3 is 0 Å². The van der Waals surface area contributed by atoms with Gasteiger partial charge in [0.15, 0.2) is 0 Å². The number of hydrogen-bond acceptors (Lipinski definition) is 3. The van der Waals surface area contributed by atoms with Gasteiger partial charge in [0.1, 0.15) is 13.9 Å². The van der Waals surface area contributed by atoms with Gasteiger partial charge in [0.2, 0.25) is 0 Å². The van der Waals surface area contributed by atoms with Crippen LogP contribution in [0.2, 0.25) is 13.1 Å². The molecule has 5 heteroatoms. The summed E-state index contributed by atoms with van der Waals surface area (Å²) in [5.41, 5.74) is 13.2. The van der Waals surface area contributed by atoms with Crippen molar-refractivity contribution in [2.24, 2.45) is 0 Å². The van der Waals surface area contributed by atoms with Gasteiger partial charge in [-0.25, -0.2) is 4.98 Å². The quantitative estimate of drug-likeness (QED) is 0.152. The maximum Gasteiger partial charge on any atom is 0.138 e. The van der Waals surface area contributed by atoms with Crippen LogP contribution in [0.25, 0.3) is 61.0 Å². The first-order chi connectivity index (χ1) is 27.5. The molecule has 4 nitrogen and oxygen atoms in total. The van der Waals surface area contributed by atoms with E-state index in [1.807, 2.05) is 6.20 Å². The van der Waals surface area contributed by atoms with Crippen molar-refractivity contribution in [2.75, 3.05) is 23.5 Å². The van der Waals surface area contributed by atoms with E-state index in [0.29, 0.717) is 0 Å². The Morgan fingerprint density at radius 3 is 1.88 bits per heavy atom. The highest BCUT2D eigenvalue weighted by molar-refractivity contribution is 7.00. The second-order valence-electron chi connectivity index (χ2n) is 15.4. The second-order valence-corrected chi connectivity index (χ2v) is 19.8. The molecular weight excluding hydrogens is 697 g/mol. The average molecular weight is 739 g/mol. The number of rotatable bonds is 7. The summed E-state index contributed by atoms with van der Waals surface area (Å²) < 4.78 is 2.38. The lowest BCUT2D eigenvalue weighted by Gasteiger charge is -2.27. The van der Waals surface area contributed by atoms with E-state index in [-0.39, 0.29) is 0 Å². The Labute approximate surface area is 329 Å². The summed E-state index contributed by atoms with van der Waals surface area (Å²) in [6, 6.07) is 66.4. The molecule has 1 aliphatic rings. The Balaban J connectivity index is 1.12. The van der Waals surface area contributed by atoms with E-state index >= 15 is 0 Å². The predicted octanol–water partition coefficient (Wildman–Crippen LogP) is 11.5.